The first-order valence-corrected chi connectivity index (χ1v) is 5.35. The van der Waals surface area contributed by atoms with Crippen LogP contribution in [0.2, 0.25) is 5.15 Å². The van der Waals surface area contributed by atoms with Crippen LogP contribution in [-0.2, 0) is 0 Å². The first-order valence-electron chi connectivity index (χ1n) is 4.18. The number of rotatable bonds is 0. The van der Waals surface area contributed by atoms with Gasteiger partial charge in [-0.25, -0.2) is 9.97 Å². The second kappa shape index (κ2) is 3.48. The standard InChI is InChI=1S/C10H8BrClN2/c1-5-3-7(11)9-8(4-5)13-6(2)10(12)14-9/h3-4H,1-2H3. The molecule has 1 aromatic carbocycles. The van der Waals surface area contributed by atoms with Crippen LogP contribution in [0.4, 0.5) is 0 Å². The summed E-state index contributed by atoms with van der Waals surface area (Å²) in [4.78, 5) is 8.64. The number of nitrogens with zero attached hydrogens (tertiary/aromatic N) is 2. The molecular formula is C10H8BrClN2. The van der Waals surface area contributed by atoms with Gasteiger partial charge in [0.1, 0.15) is 5.52 Å². The van der Waals surface area contributed by atoms with E-state index in [0.717, 1.165) is 26.8 Å². The van der Waals surface area contributed by atoms with Crippen molar-refractivity contribution in [2.24, 2.45) is 0 Å². The Labute approximate surface area is 95.5 Å². The fourth-order valence-electron chi connectivity index (χ4n) is 1.32. The summed E-state index contributed by atoms with van der Waals surface area (Å²) in [6, 6.07) is 4.00. The molecule has 4 heteroatoms. The van der Waals surface area contributed by atoms with Crippen LogP contribution in [0, 0.1) is 13.8 Å². The second-order valence-corrected chi connectivity index (χ2v) is 4.43. The van der Waals surface area contributed by atoms with Crippen LogP contribution >= 0.6 is 27.5 Å². The Bertz CT molecular complexity index is 511. The van der Waals surface area contributed by atoms with E-state index >= 15 is 0 Å². The van der Waals surface area contributed by atoms with Gasteiger partial charge in [0.15, 0.2) is 5.15 Å². The average Bonchev–Trinajstić information content (AvgIpc) is 2.08. The molecule has 0 aliphatic heterocycles. The van der Waals surface area contributed by atoms with Crippen molar-refractivity contribution in [1.82, 2.24) is 9.97 Å². The van der Waals surface area contributed by atoms with Crippen molar-refractivity contribution in [2.45, 2.75) is 13.8 Å². The Hall–Kier alpha value is -0.670. The molecule has 0 saturated carbocycles. The second-order valence-electron chi connectivity index (χ2n) is 3.21. The molecule has 0 radical (unpaired) electrons. The minimum Gasteiger partial charge on any atom is -0.248 e. The van der Waals surface area contributed by atoms with Gasteiger partial charge in [-0.3, -0.25) is 0 Å². The maximum atomic E-state index is 5.90. The molecule has 2 aromatic rings. The molecule has 0 aliphatic rings. The van der Waals surface area contributed by atoms with E-state index in [1.54, 1.807) is 0 Å². The molecular weight excluding hydrogens is 263 g/mol. The zero-order valence-corrected chi connectivity index (χ0v) is 10.1. The highest BCUT2D eigenvalue weighted by Crippen LogP contribution is 2.25. The summed E-state index contributed by atoms with van der Waals surface area (Å²) in [5, 5.41) is 0.460. The minimum atomic E-state index is 0.460. The normalized spacial score (nSPS) is 10.9. The van der Waals surface area contributed by atoms with Crippen molar-refractivity contribution < 1.29 is 0 Å². The molecule has 0 spiro atoms. The van der Waals surface area contributed by atoms with Gasteiger partial charge in [0.2, 0.25) is 0 Å². The molecule has 0 unspecified atom stereocenters. The van der Waals surface area contributed by atoms with Gasteiger partial charge in [-0.05, 0) is 47.5 Å². The zero-order chi connectivity index (χ0) is 10.3. The van der Waals surface area contributed by atoms with Crippen LogP contribution < -0.4 is 0 Å². The molecule has 0 fully saturated rings. The summed E-state index contributed by atoms with van der Waals surface area (Å²) >= 11 is 9.35. The van der Waals surface area contributed by atoms with Gasteiger partial charge in [0.05, 0.1) is 11.2 Å². The summed E-state index contributed by atoms with van der Waals surface area (Å²) in [6.07, 6.45) is 0. The van der Waals surface area contributed by atoms with Crippen molar-refractivity contribution in [3.05, 3.63) is 33.0 Å². The lowest BCUT2D eigenvalue weighted by atomic mass is 10.2. The zero-order valence-electron chi connectivity index (χ0n) is 7.81. The summed E-state index contributed by atoms with van der Waals surface area (Å²) in [5.74, 6) is 0. The van der Waals surface area contributed by atoms with Crippen LogP contribution in [0.3, 0.4) is 0 Å². The molecule has 2 nitrogen and oxygen atoms in total. The first-order chi connectivity index (χ1) is 6.58. The maximum absolute atomic E-state index is 5.90. The lowest BCUT2D eigenvalue weighted by molar-refractivity contribution is 1.18. The predicted molar refractivity (Wildman–Crippen MR) is 61.7 cm³/mol. The highest BCUT2D eigenvalue weighted by Gasteiger charge is 2.06. The minimum absolute atomic E-state index is 0.460. The topological polar surface area (TPSA) is 25.8 Å². The Morgan fingerprint density at radius 2 is 1.93 bits per heavy atom. The van der Waals surface area contributed by atoms with Crippen LogP contribution in [0.15, 0.2) is 16.6 Å². The smallest absolute Gasteiger partial charge is 0.151 e. The van der Waals surface area contributed by atoms with Gasteiger partial charge < -0.3 is 0 Å². The molecule has 0 amide bonds. The highest BCUT2D eigenvalue weighted by atomic mass is 79.9. The molecule has 2 rings (SSSR count). The quantitative estimate of drug-likeness (QED) is 0.731. The van der Waals surface area contributed by atoms with E-state index in [-0.39, 0.29) is 0 Å². The molecule has 1 aromatic heterocycles. The van der Waals surface area contributed by atoms with Gasteiger partial charge in [-0.2, -0.15) is 0 Å². The summed E-state index contributed by atoms with van der Waals surface area (Å²) in [5.41, 5.74) is 3.60. The van der Waals surface area contributed by atoms with E-state index in [9.17, 15) is 0 Å². The van der Waals surface area contributed by atoms with E-state index in [1.165, 1.54) is 0 Å². The maximum Gasteiger partial charge on any atom is 0.151 e. The third-order valence-corrected chi connectivity index (χ3v) is 2.95. The van der Waals surface area contributed by atoms with Gasteiger partial charge in [0.25, 0.3) is 0 Å². The monoisotopic (exact) mass is 270 g/mol. The molecule has 14 heavy (non-hydrogen) atoms. The van der Waals surface area contributed by atoms with Crippen LogP contribution in [0.5, 0.6) is 0 Å². The fraction of sp³-hybridized carbons (Fsp3) is 0.200. The summed E-state index contributed by atoms with van der Waals surface area (Å²) in [7, 11) is 0. The Morgan fingerprint density at radius 1 is 1.21 bits per heavy atom. The third kappa shape index (κ3) is 1.62. The van der Waals surface area contributed by atoms with Gasteiger partial charge in [-0.15, -0.1) is 0 Å². The molecule has 0 atom stereocenters. The molecule has 1 heterocycles. The fourth-order valence-corrected chi connectivity index (χ4v) is 2.10. The summed E-state index contributed by atoms with van der Waals surface area (Å²) in [6.45, 7) is 3.88. The van der Waals surface area contributed by atoms with Crippen molar-refractivity contribution in [2.75, 3.05) is 0 Å². The SMILES string of the molecule is Cc1cc(Br)c2nc(Cl)c(C)nc2c1. The lowest BCUT2D eigenvalue weighted by Crippen LogP contribution is -1.91. The van der Waals surface area contributed by atoms with Crippen molar-refractivity contribution in [3.8, 4) is 0 Å². The number of benzene rings is 1. The number of fused-ring (bicyclic) bond motifs is 1. The third-order valence-electron chi connectivity index (χ3n) is 1.98. The van der Waals surface area contributed by atoms with Crippen molar-refractivity contribution in [3.63, 3.8) is 0 Å². The van der Waals surface area contributed by atoms with E-state index < -0.39 is 0 Å². The number of hydrogen-bond donors (Lipinski definition) is 0. The Morgan fingerprint density at radius 3 is 2.64 bits per heavy atom. The van der Waals surface area contributed by atoms with Crippen LogP contribution in [-0.4, -0.2) is 9.97 Å². The van der Waals surface area contributed by atoms with E-state index in [0.29, 0.717) is 5.15 Å². The Kier molecular flexibility index (Phi) is 2.45. The van der Waals surface area contributed by atoms with E-state index in [1.807, 2.05) is 26.0 Å². The van der Waals surface area contributed by atoms with Crippen molar-refractivity contribution >= 4 is 38.6 Å². The van der Waals surface area contributed by atoms with E-state index in [4.69, 9.17) is 11.6 Å². The van der Waals surface area contributed by atoms with E-state index in [2.05, 4.69) is 25.9 Å². The van der Waals surface area contributed by atoms with Gasteiger partial charge >= 0.3 is 0 Å². The number of halogens is 2. The first kappa shape index (κ1) is 9.87. The van der Waals surface area contributed by atoms with Crippen LogP contribution in [0.1, 0.15) is 11.3 Å². The van der Waals surface area contributed by atoms with Crippen LogP contribution in [0.25, 0.3) is 11.0 Å². The number of aromatic nitrogens is 2. The predicted octanol–water partition coefficient (Wildman–Crippen LogP) is 3.66. The molecule has 72 valence electrons. The lowest BCUT2D eigenvalue weighted by Gasteiger charge is -2.03. The number of aryl methyl sites for hydroxylation is 2. The summed E-state index contributed by atoms with van der Waals surface area (Å²) < 4.78 is 0.932. The van der Waals surface area contributed by atoms with Gasteiger partial charge in [0, 0.05) is 4.47 Å². The molecule has 0 aliphatic carbocycles. The number of hydrogen-bond acceptors (Lipinski definition) is 2. The largest absolute Gasteiger partial charge is 0.248 e. The molecule has 0 saturated heterocycles. The Balaban J connectivity index is 2.89. The average molecular weight is 272 g/mol. The highest BCUT2D eigenvalue weighted by molar-refractivity contribution is 9.10. The van der Waals surface area contributed by atoms with Gasteiger partial charge in [-0.1, -0.05) is 11.6 Å². The molecule has 0 bridgehead atoms. The molecule has 0 N–H and O–H groups in total. The van der Waals surface area contributed by atoms with Crippen molar-refractivity contribution in [1.29, 1.82) is 0 Å².